The zero-order valence-electron chi connectivity index (χ0n) is 14.4. The normalized spacial score (nSPS) is 16.7. The van der Waals surface area contributed by atoms with Crippen LogP contribution in [0, 0.1) is 0 Å². The van der Waals surface area contributed by atoms with E-state index < -0.39 is 0 Å². The summed E-state index contributed by atoms with van der Waals surface area (Å²) in [6.45, 7) is 7.03. The van der Waals surface area contributed by atoms with Gasteiger partial charge in [-0.05, 0) is 7.05 Å². The number of hydrogen-bond donors (Lipinski definition) is 2. The molecule has 8 nitrogen and oxygen atoms in total. The second-order valence-electron chi connectivity index (χ2n) is 5.86. The number of aryl methyl sites for hydroxylation is 1. The van der Waals surface area contributed by atoms with Gasteiger partial charge in [0.2, 0.25) is 11.8 Å². The van der Waals surface area contributed by atoms with Crippen molar-refractivity contribution in [3.63, 3.8) is 0 Å². The van der Waals surface area contributed by atoms with Crippen LogP contribution in [0.5, 0.6) is 0 Å². The topological polar surface area (TPSA) is 82.5 Å². The average Bonchev–Trinajstić information content (AvgIpc) is 3.00. The van der Waals surface area contributed by atoms with E-state index in [0.29, 0.717) is 39.3 Å². The lowest BCUT2D eigenvalue weighted by atomic mass is 10.1. The molecule has 2 heterocycles. The van der Waals surface area contributed by atoms with Crippen LogP contribution in [0.4, 0.5) is 0 Å². The van der Waals surface area contributed by atoms with Crippen LogP contribution in [0.2, 0.25) is 0 Å². The predicted octanol–water partition coefficient (Wildman–Crippen LogP) is -0.873. The Bertz CT molecular complexity index is 577. The molecule has 2 amide bonds. The maximum atomic E-state index is 12.7. The monoisotopic (exact) mass is 334 g/mol. The average molecular weight is 334 g/mol. The number of likely N-dealkylation sites (N-methyl/N-ethyl adjacent to an activating group) is 1. The van der Waals surface area contributed by atoms with E-state index >= 15 is 0 Å². The van der Waals surface area contributed by atoms with Gasteiger partial charge in [0.05, 0.1) is 12.7 Å². The smallest absolute Gasteiger partial charge is 0.244 e. The third-order valence-electron chi connectivity index (χ3n) is 4.09. The summed E-state index contributed by atoms with van der Waals surface area (Å²) >= 11 is 0. The lowest BCUT2D eigenvalue weighted by molar-refractivity contribution is -0.135. The number of nitrogens with zero attached hydrogens (tertiary/aromatic N) is 4. The van der Waals surface area contributed by atoms with Gasteiger partial charge in [0.1, 0.15) is 6.04 Å². The summed E-state index contributed by atoms with van der Waals surface area (Å²) in [7, 11) is 3.60. The molecular formula is C16H26N6O2. The van der Waals surface area contributed by atoms with Gasteiger partial charge in [0.25, 0.3) is 0 Å². The molecular weight excluding hydrogens is 308 g/mol. The van der Waals surface area contributed by atoms with Gasteiger partial charge in [-0.3, -0.25) is 19.2 Å². The molecule has 1 aliphatic heterocycles. The van der Waals surface area contributed by atoms with E-state index in [1.807, 2.05) is 18.1 Å². The molecule has 24 heavy (non-hydrogen) atoms. The summed E-state index contributed by atoms with van der Waals surface area (Å²) in [5.74, 6) is 0.0272. The summed E-state index contributed by atoms with van der Waals surface area (Å²) < 4.78 is 1.69. The number of piperazine rings is 1. The SMILES string of the molecule is C=CCNC(=O)CN1CCN(C(=O)C(NC)c2cnn(C)c2)CC1. The van der Waals surface area contributed by atoms with Crippen molar-refractivity contribution in [2.75, 3.05) is 46.3 Å². The fraction of sp³-hybridized carbons (Fsp3) is 0.562. The maximum absolute atomic E-state index is 12.7. The Morgan fingerprint density at radius 2 is 2.08 bits per heavy atom. The number of carbonyl (C=O) groups excluding carboxylic acids is 2. The van der Waals surface area contributed by atoms with Crippen LogP contribution in [0.25, 0.3) is 0 Å². The molecule has 0 radical (unpaired) electrons. The van der Waals surface area contributed by atoms with Crippen molar-refractivity contribution in [3.8, 4) is 0 Å². The Morgan fingerprint density at radius 1 is 1.38 bits per heavy atom. The molecule has 1 aromatic heterocycles. The molecule has 0 aliphatic carbocycles. The number of amides is 2. The molecule has 1 aliphatic rings. The lowest BCUT2D eigenvalue weighted by Gasteiger charge is -2.35. The molecule has 1 saturated heterocycles. The molecule has 0 saturated carbocycles. The van der Waals surface area contributed by atoms with Crippen molar-refractivity contribution < 1.29 is 9.59 Å². The highest BCUT2D eigenvalue weighted by Crippen LogP contribution is 2.16. The van der Waals surface area contributed by atoms with E-state index in [4.69, 9.17) is 0 Å². The van der Waals surface area contributed by atoms with Crippen LogP contribution in [-0.2, 0) is 16.6 Å². The summed E-state index contributed by atoms with van der Waals surface area (Å²) in [5, 5.41) is 9.96. The van der Waals surface area contributed by atoms with Crippen molar-refractivity contribution in [1.29, 1.82) is 0 Å². The van der Waals surface area contributed by atoms with Gasteiger partial charge in [-0.25, -0.2) is 0 Å². The molecule has 8 heteroatoms. The first-order valence-electron chi connectivity index (χ1n) is 8.09. The van der Waals surface area contributed by atoms with Crippen LogP contribution in [0.1, 0.15) is 11.6 Å². The van der Waals surface area contributed by atoms with Crippen molar-refractivity contribution in [3.05, 3.63) is 30.6 Å². The summed E-state index contributed by atoms with van der Waals surface area (Å²) in [4.78, 5) is 28.3. The zero-order chi connectivity index (χ0) is 17.5. The van der Waals surface area contributed by atoms with Crippen LogP contribution in [0.3, 0.4) is 0 Å². The minimum atomic E-state index is -0.388. The van der Waals surface area contributed by atoms with E-state index in [0.717, 1.165) is 5.56 Å². The second kappa shape index (κ2) is 8.60. The quantitative estimate of drug-likeness (QED) is 0.633. The van der Waals surface area contributed by atoms with Gasteiger partial charge >= 0.3 is 0 Å². The Hall–Kier alpha value is -2.19. The molecule has 1 fully saturated rings. The molecule has 0 bridgehead atoms. The van der Waals surface area contributed by atoms with E-state index in [2.05, 4.69) is 27.2 Å². The number of carbonyl (C=O) groups is 2. The number of hydrogen-bond acceptors (Lipinski definition) is 5. The summed E-state index contributed by atoms with van der Waals surface area (Å²) in [5.41, 5.74) is 0.858. The first-order chi connectivity index (χ1) is 11.5. The Labute approximate surface area is 142 Å². The molecule has 132 valence electrons. The predicted molar refractivity (Wildman–Crippen MR) is 91.2 cm³/mol. The largest absolute Gasteiger partial charge is 0.352 e. The molecule has 0 spiro atoms. The second-order valence-corrected chi connectivity index (χ2v) is 5.86. The maximum Gasteiger partial charge on any atom is 0.244 e. The molecule has 0 aromatic carbocycles. The van der Waals surface area contributed by atoms with Crippen molar-refractivity contribution in [1.82, 2.24) is 30.2 Å². The number of rotatable bonds is 7. The van der Waals surface area contributed by atoms with Gasteiger partial charge in [0, 0.05) is 51.5 Å². The standard InChI is InChI=1S/C16H26N6O2/c1-4-5-18-14(23)12-21-6-8-22(9-7-21)16(24)15(17-2)13-10-19-20(3)11-13/h4,10-11,15,17H,1,5-9,12H2,2-3H3,(H,18,23). The fourth-order valence-corrected chi connectivity index (χ4v) is 2.78. The Morgan fingerprint density at radius 3 is 2.62 bits per heavy atom. The molecule has 1 atom stereocenters. The minimum absolute atomic E-state index is 0.0156. The van der Waals surface area contributed by atoms with E-state index in [9.17, 15) is 9.59 Å². The summed E-state index contributed by atoms with van der Waals surface area (Å²) in [6.07, 6.45) is 5.21. The van der Waals surface area contributed by atoms with Crippen LogP contribution >= 0.6 is 0 Å². The molecule has 2 N–H and O–H groups in total. The number of nitrogens with one attached hydrogen (secondary N) is 2. The summed E-state index contributed by atoms with van der Waals surface area (Å²) in [6, 6.07) is -0.388. The van der Waals surface area contributed by atoms with Gasteiger partial charge in [-0.2, -0.15) is 5.10 Å². The number of aromatic nitrogens is 2. The highest BCUT2D eigenvalue weighted by Gasteiger charge is 2.28. The molecule has 2 rings (SSSR count). The first kappa shape index (κ1) is 18.2. The van der Waals surface area contributed by atoms with Crippen molar-refractivity contribution in [2.45, 2.75) is 6.04 Å². The third-order valence-corrected chi connectivity index (χ3v) is 4.09. The molecule has 1 aromatic rings. The highest BCUT2D eigenvalue weighted by molar-refractivity contribution is 5.83. The van der Waals surface area contributed by atoms with Gasteiger partial charge < -0.3 is 15.5 Å². The Kier molecular flexibility index (Phi) is 6.51. The van der Waals surface area contributed by atoms with Crippen molar-refractivity contribution in [2.24, 2.45) is 7.05 Å². The third kappa shape index (κ3) is 4.65. The zero-order valence-corrected chi connectivity index (χ0v) is 14.4. The van der Waals surface area contributed by atoms with Crippen LogP contribution < -0.4 is 10.6 Å². The van der Waals surface area contributed by atoms with Crippen LogP contribution in [0.15, 0.2) is 25.0 Å². The molecule has 1 unspecified atom stereocenters. The van der Waals surface area contributed by atoms with Gasteiger partial charge in [0.15, 0.2) is 0 Å². The lowest BCUT2D eigenvalue weighted by Crippen LogP contribution is -2.53. The van der Waals surface area contributed by atoms with Crippen molar-refractivity contribution >= 4 is 11.8 Å². The fourth-order valence-electron chi connectivity index (χ4n) is 2.78. The minimum Gasteiger partial charge on any atom is -0.352 e. The van der Waals surface area contributed by atoms with Gasteiger partial charge in [-0.1, -0.05) is 6.08 Å². The van der Waals surface area contributed by atoms with Gasteiger partial charge in [-0.15, -0.1) is 6.58 Å². The Balaban J connectivity index is 1.85. The first-order valence-corrected chi connectivity index (χ1v) is 8.09. The van der Waals surface area contributed by atoms with E-state index in [1.165, 1.54) is 0 Å². The van der Waals surface area contributed by atoms with E-state index in [1.54, 1.807) is 24.0 Å². The van der Waals surface area contributed by atoms with Crippen LogP contribution in [-0.4, -0.2) is 77.7 Å². The highest BCUT2D eigenvalue weighted by atomic mass is 16.2. The van der Waals surface area contributed by atoms with E-state index in [-0.39, 0.29) is 17.9 Å².